The first-order chi connectivity index (χ1) is 13.0. The van der Waals surface area contributed by atoms with Crippen LogP contribution in [0.2, 0.25) is 0 Å². The number of nitrogens with zero attached hydrogens (tertiary/aromatic N) is 4. The van der Waals surface area contributed by atoms with Crippen molar-refractivity contribution < 1.29 is 4.79 Å². The number of fused-ring (bicyclic) bond motifs is 1. The SMILES string of the molecule is CN(C)C(=O)c1sc2nc(C3CCCCN3Cc3cncs3)ccc2c1N. The summed E-state index contributed by atoms with van der Waals surface area (Å²) in [4.78, 5) is 28.2. The number of amides is 1. The normalized spacial score (nSPS) is 18.1. The van der Waals surface area contributed by atoms with Crippen molar-refractivity contribution in [3.8, 4) is 0 Å². The van der Waals surface area contributed by atoms with Gasteiger partial charge in [-0.25, -0.2) is 4.98 Å². The van der Waals surface area contributed by atoms with E-state index < -0.39 is 0 Å². The predicted molar refractivity (Wildman–Crippen MR) is 111 cm³/mol. The molecule has 4 rings (SSSR count). The summed E-state index contributed by atoms with van der Waals surface area (Å²) in [7, 11) is 3.48. The van der Waals surface area contributed by atoms with Gasteiger partial charge in [-0.1, -0.05) is 6.42 Å². The Hall–Kier alpha value is -2.03. The van der Waals surface area contributed by atoms with E-state index in [0.717, 1.165) is 35.4 Å². The summed E-state index contributed by atoms with van der Waals surface area (Å²) in [6, 6.07) is 4.39. The van der Waals surface area contributed by atoms with E-state index >= 15 is 0 Å². The summed E-state index contributed by atoms with van der Waals surface area (Å²) in [5, 5.41) is 0.874. The zero-order chi connectivity index (χ0) is 19.0. The molecular weight excluding hydrogens is 378 g/mol. The lowest BCUT2D eigenvalue weighted by atomic mass is 9.98. The topological polar surface area (TPSA) is 75.4 Å². The van der Waals surface area contributed by atoms with Gasteiger partial charge in [-0.2, -0.15) is 0 Å². The van der Waals surface area contributed by atoms with E-state index in [1.54, 1.807) is 30.3 Å². The molecule has 8 heteroatoms. The second-order valence-electron chi connectivity index (χ2n) is 7.08. The van der Waals surface area contributed by atoms with Gasteiger partial charge in [0.2, 0.25) is 0 Å². The van der Waals surface area contributed by atoms with Gasteiger partial charge in [-0.05, 0) is 31.5 Å². The first-order valence-corrected chi connectivity index (χ1v) is 10.8. The molecule has 2 N–H and O–H groups in total. The standard InChI is InChI=1S/C19H23N5OS2/c1-23(2)19(25)17-16(20)13-6-7-14(22-18(13)27-17)15-5-3-4-8-24(15)10-12-9-21-11-26-12/h6-7,9,11,15H,3-5,8,10,20H2,1-2H3. The fourth-order valence-electron chi connectivity index (χ4n) is 3.59. The van der Waals surface area contributed by atoms with E-state index in [1.807, 2.05) is 17.8 Å². The number of rotatable bonds is 4. The first kappa shape index (κ1) is 18.3. The Morgan fingerprint density at radius 1 is 1.37 bits per heavy atom. The Bertz CT molecular complexity index is 951. The number of anilines is 1. The Labute approximate surface area is 166 Å². The molecule has 3 aromatic rings. The molecule has 0 bridgehead atoms. The van der Waals surface area contributed by atoms with Crippen LogP contribution < -0.4 is 5.73 Å². The minimum Gasteiger partial charge on any atom is -0.397 e. The molecule has 0 saturated carbocycles. The van der Waals surface area contributed by atoms with Gasteiger partial charge in [0.05, 0.1) is 22.9 Å². The first-order valence-electron chi connectivity index (χ1n) is 9.06. The highest BCUT2D eigenvalue weighted by atomic mass is 32.1. The molecule has 1 atom stereocenters. The fourth-order valence-corrected chi connectivity index (χ4v) is 5.34. The summed E-state index contributed by atoms with van der Waals surface area (Å²) in [5.74, 6) is -0.0680. The number of nitrogen functional groups attached to an aromatic ring is 1. The molecular formula is C19H23N5OS2. The van der Waals surface area contributed by atoms with Crippen LogP contribution in [0.1, 0.15) is 45.5 Å². The third kappa shape index (κ3) is 3.56. The molecule has 1 amide bonds. The van der Waals surface area contributed by atoms with Crippen LogP contribution in [0, 0.1) is 0 Å². The van der Waals surface area contributed by atoms with Gasteiger partial charge in [0.15, 0.2) is 0 Å². The maximum atomic E-state index is 12.4. The van der Waals surface area contributed by atoms with Gasteiger partial charge < -0.3 is 10.6 Å². The van der Waals surface area contributed by atoms with Gasteiger partial charge in [0.1, 0.15) is 9.71 Å². The second kappa shape index (κ2) is 7.53. The van der Waals surface area contributed by atoms with Crippen molar-refractivity contribution in [1.29, 1.82) is 0 Å². The van der Waals surface area contributed by atoms with Crippen LogP contribution in [-0.4, -0.2) is 46.3 Å². The summed E-state index contributed by atoms with van der Waals surface area (Å²) in [6.07, 6.45) is 5.47. The van der Waals surface area contributed by atoms with Crippen molar-refractivity contribution in [2.24, 2.45) is 0 Å². The number of piperidine rings is 1. The fraction of sp³-hybridized carbons (Fsp3) is 0.421. The lowest BCUT2D eigenvalue weighted by molar-refractivity contribution is 0.0833. The van der Waals surface area contributed by atoms with Crippen LogP contribution in [0.4, 0.5) is 5.69 Å². The molecule has 4 heterocycles. The molecule has 142 valence electrons. The molecule has 27 heavy (non-hydrogen) atoms. The van der Waals surface area contributed by atoms with E-state index in [-0.39, 0.29) is 5.91 Å². The molecule has 0 radical (unpaired) electrons. The van der Waals surface area contributed by atoms with Gasteiger partial charge in [0.25, 0.3) is 5.91 Å². The number of pyridine rings is 1. The van der Waals surface area contributed by atoms with Gasteiger partial charge in [0, 0.05) is 37.1 Å². The van der Waals surface area contributed by atoms with E-state index in [1.165, 1.54) is 29.1 Å². The van der Waals surface area contributed by atoms with Gasteiger partial charge in [-0.15, -0.1) is 22.7 Å². The number of hydrogen-bond donors (Lipinski definition) is 1. The molecule has 3 aromatic heterocycles. The second-order valence-corrected chi connectivity index (χ2v) is 9.05. The smallest absolute Gasteiger partial charge is 0.265 e. The predicted octanol–water partition coefficient (Wildman–Crippen LogP) is 3.76. The monoisotopic (exact) mass is 401 g/mol. The summed E-state index contributed by atoms with van der Waals surface area (Å²) < 4.78 is 0. The Morgan fingerprint density at radius 3 is 2.96 bits per heavy atom. The lowest BCUT2D eigenvalue weighted by Crippen LogP contribution is -2.33. The van der Waals surface area contributed by atoms with E-state index in [2.05, 4.69) is 16.0 Å². The maximum Gasteiger partial charge on any atom is 0.265 e. The largest absolute Gasteiger partial charge is 0.397 e. The number of carbonyl (C=O) groups excluding carboxylic acids is 1. The molecule has 0 aliphatic carbocycles. The number of thiazole rings is 1. The van der Waals surface area contributed by atoms with Crippen LogP contribution in [0.15, 0.2) is 23.8 Å². The Kier molecular flexibility index (Phi) is 5.12. The van der Waals surface area contributed by atoms with Crippen LogP contribution in [0.5, 0.6) is 0 Å². The summed E-state index contributed by atoms with van der Waals surface area (Å²) in [6.45, 7) is 1.98. The quantitative estimate of drug-likeness (QED) is 0.720. The molecule has 1 fully saturated rings. The average molecular weight is 402 g/mol. The number of aromatic nitrogens is 2. The molecule has 1 aliphatic rings. The molecule has 6 nitrogen and oxygen atoms in total. The van der Waals surface area contributed by atoms with E-state index in [4.69, 9.17) is 10.7 Å². The maximum absolute atomic E-state index is 12.4. The Morgan fingerprint density at radius 2 is 2.22 bits per heavy atom. The van der Waals surface area contributed by atoms with E-state index in [0.29, 0.717) is 16.6 Å². The molecule has 1 saturated heterocycles. The highest BCUT2D eigenvalue weighted by molar-refractivity contribution is 7.21. The molecule has 0 spiro atoms. The van der Waals surface area contributed by atoms with Crippen molar-refractivity contribution in [1.82, 2.24) is 19.8 Å². The van der Waals surface area contributed by atoms with E-state index in [9.17, 15) is 4.79 Å². The minimum absolute atomic E-state index is 0.0680. The van der Waals surface area contributed by atoms with Gasteiger partial charge >= 0.3 is 0 Å². The van der Waals surface area contributed by atoms with Crippen molar-refractivity contribution in [2.75, 3.05) is 26.4 Å². The molecule has 0 aromatic carbocycles. The summed E-state index contributed by atoms with van der Waals surface area (Å²) >= 11 is 3.09. The van der Waals surface area contributed by atoms with Crippen LogP contribution >= 0.6 is 22.7 Å². The number of hydrogen-bond acceptors (Lipinski definition) is 7. The number of likely N-dealkylation sites (tertiary alicyclic amines) is 1. The Balaban J connectivity index is 1.66. The summed E-state index contributed by atoms with van der Waals surface area (Å²) in [5.41, 5.74) is 9.72. The zero-order valence-corrected chi connectivity index (χ0v) is 17.1. The third-order valence-corrected chi connectivity index (χ3v) is 6.88. The van der Waals surface area contributed by atoms with Gasteiger partial charge in [-0.3, -0.25) is 14.7 Å². The van der Waals surface area contributed by atoms with Crippen molar-refractivity contribution in [3.05, 3.63) is 39.3 Å². The van der Waals surface area contributed by atoms with Crippen LogP contribution in [0.3, 0.4) is 0 Å². The number of carbonyl (C=O) groups is 1. The zero-order valence-electron chi connectivity index (χ0n) is 15.5. The number of thiophene rings is 1. The lowest BCUT2D eigenvalue weighted by Gasteiger charge is -2.35. The number of nitrogens with two attached hydrogens (primary N) is 1. The highest BCUT2D eigenvalue weighted by Gasteiger charge is 2.27. The van der Waals surface area contributed by atoms with Crippen LogP contribution in [0.25, 0.3) is 10.2 Å². The molecule has 1 unspecified atom stereocenters. The average Bonchev–Trinajstić information content (AvgIpc) is 3.29. The molecule has 1 aliphatic heterocycles. The third-order valence-electron chi connectivity index (χ3n) is 5.01. The van der Waals surface area contributed by atoms with Crippen LogP contribution in [-0.2, 0) is 6.54 Å². The minimum atomic E-state index is -0.0680. The van der Waals surface area contributed by atoms with Crippen molar-refractivity contribution in [2.45, 2.75) is 31.8 Å². The van der Waals surface area contributed by atoms with Crippen molar-refractivity contribution in [3.63, 3.8) is 0 Å². The highest BCUT2D eigenvalue weighted by Crippen LogP contribution is 2.37. The van der Waals surface area contributed by atoms with Crippen molar-refractivity contribution >= 4 is 44.5 Å².